The molecular weight excluding hydrogens is 366 g/mol. The van der Waals surface area contributed by atoms with Gasteiger partial charge in [-0.05, 0) is 23.3 Å². The molecule has 0 aliphatic heterocycles. The fourth-order valence-corrected chi connectivity index (χ4v) is 3.43. The van der Waals surface area contributed by atoms with Gasteiger partial charge >= 0.3 is 5.97 Å². The topological polar surface area (TPSA) is 85.7 Å². The second-order valence-corrected chi connectivity index (χ2v) is 6.81. The van der Waals surface area contributed by atoms with E-state index in [9.17, 15) is 4.79 Å². The largest absolute Gasteiger partial charge is 0.488 e. The standard InChI is InChI=1S/C24H21NO4/c25-13-16-5-3-7-17(11-16)21-15-29-24-19(8-4-9-20(21)24)14-28-22-10-2-1-6-18(22)12-23(26)27/h1-11,15H,12-14,25H2,(H,26,27). The quantitative estimate of drug-likeness (QED) is 0.477. The number of para-hydroxylation sites is 2. The van der Waals surface area contributed by atoms with Crippen LogP contribution >= 0.6 is 0 Å². The molecule has 0 unspecified atom stereocenters. The number of rotatable bonds is 7. The predicted octanol–water partition coefficient (Wildman–Crippen LogP) is 4.76. The van der Waals surface area contributed by atoms with Crippen LogP contribution in [0.1, 0.15) is 16.7 Å². The minimum Gasteiger partial charge on any atom is -0.488 e. The van der Waals surface area contributed by atoms with Crippen LogP contribution in [0.15, 0.2) is 77.4 Å². The molecule has 146 valence electrons. The van der Waals surface area contributed by atoms with E-state index >= 15 is 0 Å². The molecule has 0 bridgehead atoms. The third kappa shape index (κ3) is 4.00. The summed E-state index contributed by atoms with van der Waals surface area (Å²) in [5, 5.41) is 10.1. The maximum absolute atomic E-state index is 11.1. The van der Waals surface area contributed by atoms with Crippen molar-refractivity contribution in [2.24, 2.45) is 5.73 Å². The summed E-state index contributed by atoms with van der Waals surface area (Å²) in [7, 11) is 0. The van der Waals surface area contributed by atoms with Crippen LogP contribution in [0, 0.1) is 0 Å². The van der Waals surface area contributed by atoms with Gasteiger partial charge in [0, 0.05) is 28.6 Å². The van der Waals surface area contributed by atoms with Crippen molar-refractivity contribution < 1.29 is 19.1 Å². The number of fused-ring (bicyclic) bond motifs is 1. The van der Waals surface area contributed by atoms with E-state index in [4.69, 9.17) is 20.0 Å². The second kappa shape index (κ2) is 8.20. The molecule has 0 amide bonds. The lowest BCUT2D eigenvalue weighted by Crippen LogP contribution is -2.04. The third-order valence-electron chi connectivity index (χ3n) is 4.85. The Morgan fingerprint density at radius 3 is 2.62 bits per heavy atom. The average Bonchev–Trinajstić information content (AvgIpc) is 3.17. The summed E-state index contributed by atoms with van der Waals surface area (Å²) < 4.78 is 11.8. The van der Waals surface area contributed by atoms with Gasteiger partial charge in [0.2, 0.25) is 0 Å². The summed E-state index contributed by atoms with van der Waals surface area (Å²) in [5.74, 6) is -0.326. The number of nitrogens with two attached hydrogens (primary N) is 1. The van der Waals surface area contributed by atoms with Gasteiger partial charge in [-0.2, -0.15) is 0 Å². The highest BCUT2D eigenvalue weighted by molar-refractivity contribution is 5.95. The number of hydrogen-bond donors (Lipinski definition) is 2. The van der Waals surface area contributed by atoms with Crippen LogP contribution in [-0.2, 0) is 24.4 Å². The highest BCUT2D eigenvalue weighted by Gasteiger charge is 2.13. The monoisotopic (exact) mass is 387 g/mol. The zero-order chi connectivity index (χ0) is 20.2. The van der Waals surface area contributed by atoms with Gasteiger partial charge in [0.05, 0.1) is 12.7 Å². The number of benzene rings is 3. The highest BCUT2D eigenvalue weighted by Crippen LogP contribution is 2.33. The molecule has 1 heterocycles. The summed E-state index contributed by atoms with van der Waals surface area (Å²) in [4.78, 5) is 11.1. The maximum atomic E-state index is 11.1. The molecule has 4 aromatic rings. The van der Waals surface area contributed by atoms with E-state index in [2.05, 4.69) is 6.07 Å². The van der Waals surface area contributed by atoms with E-state index in [1.807, 2.05) is 42.5 Å². The van der Waals surface area contributed by atoms with Gasteiger partial charge in [-0.3, -0.25) is 4.79 Å². The Bertz CT molecular complexity index is 1160. The van der Waals surface area contributed by atoms with Crippen LogP contribution < -0.4 is 10.5 Å². The minimum atomic E-state index is -0.890. The summed E-state index contributed by atoms with van der Waals surface area (Å²) >= 11 is 0. The zero-order valence-corrected chi connectivity index (χ0v) is 15.8. The normalized spacial score (nSPS) is 10.9. The van der Waals surface area contributed by atoms with Crippen molar-refractivity contribution in [3.05, 3.63) is 89.7 Å². The molecule has 29 heavy (non-hydrogen) atoms. The number of hydrogen-bond acceptors (Lipinski definition) is 4. The van der Waals surface area contributed by atoms with Crippen molar-refractivity contribution in [1.29, 1.82) is 0 Å². The summed E-state index contributed by atoms with van der Waals surface area (Å²) in [6.45, 7) is 0.766. The number of aliphatic carboxylic acids is 1. The Hall–Kier alpha value is -3.57. The van der Waals surface area contributed by atoms with E-state index < -0.39 is 5.97 Å². The van der Waals surface area contributed by atoms with Crippen molar-refractivity contribution in [2.75, 3.05) is 0 Å². The molecule has 1 aromatic heterocycles. The molecule has 0 fully saturated rings. The summed E-state index contributed by atoms with van der Waals surface area (Å²) in [5.41, 5.74) is 11.2. The first kappa shape index (κ1) is 18.8. The van der Waals surface area contributed by atoms with Gasteiger partial charge in [0.25, 0.3) is 0 Å². The van der Waals surface area contributed by atoms with Crippen molar-refractivity contribution in [1.82, 2.24) is 0 Å². The van der Waals surface area contributed by atoms with E-state index in [0.29, 0.717) is 17.9 Å². The van der Waals surface area contributed by atoms with E-state index in [0.717, 1.165) is 33.2 Å². The molecule has 0 saturated carbocycles. The number of furan rings is 1. The number of ether oxygens (including phenoxy) is 1. The lowest BCUT2D eigenvalue weighted by molar-refractivity contribution is -0.136. The maximum Gasteiger partial charge on any atom is 0.307 e. The average molecular weight is 387 g/mol. The van der Waals surface area contributed by atoms with Gasteiger partial charge in [-0.1, -0.05) is 54.6 Å². The molecule has 5 nitrogen and oxygen atoms in total. The molecule has 0 radical (unpaired) electrons. The van der Waals surface area contributed by atoms with Crippen LogP contribution in [0.2, 0.25) is 0 Å². The Morgan fingerprint density at radius 2 is 1.79 bits per heavy atom. The molecule has 0 spiro atoms. The lowest BCUT2D eigenvalue weighted by Gasteiger charge is -2.10. The second-order valence-electron chi connectivity index (χ2n) is 6.81. The fourth-order valence-electron chi connectivity index (χ4n) is 3.43. The van der Waals surface area contributed by atoms with E-state index in [1.165, 1.54) is 0 Å². The molecule has 5 heteroatoms. The molecule has 3 aromatic carbocycles. The smallest absolute Gasteiger partial charge is 0.307 e. The molecular formula is C24H21NO4. The van der Waals surface area contributed by atoms with Crippen molar-refractivity contribution in [3.8, 4) is 16.9 Å². The first-order valence-corrected chi connectivity index (χ1v) is 9.36. The van der Waals surface area contributed by atoms with Gasteiger partial charge in [0.15, 0.2) is 0 Å². The van der Waals surface area contributed by atoms with Crippen LogP contribution in [0.25, 0.3) is 22.1 Å². The van der Waals surface area contributed by atoms with Gasteiger partial charge in [-0.25, -0.2) is 0 Å². The van der Waals surface area contributed by atoms with Gasteiger partial charge in [-0.15, -0.1) is 0 Å². The molecule has 0 aliphatic carbocycles. The molecule has 0 aliphatic rings. The molecule has 0 saturated heterocycles. The van der Waals surface area contributed by atoms with E-state index in [-0.39, 0.29) is 13.0 Å². The molecule has 4 rings (SSSR count). The van der Waals surface area contributed by atoms with Gasteiger partial charge < -0.3 is 20.0 Å². The Morgan fingerprint density at radius 1 is 1.00 bits per heavy atom. The summed E-state index contributed by atoms with van der Waals surface area (Å²) in [6, 6.07) is 21.2. The lowest BCUT2D eigenvalue weighted by atomic mass is 10.0. The van der Waals surface area contributed by atoms with Crippen molar-refractivity contribution >= 4 is 16.9 Å². The minimum absolute atomic E-state index is 0.0806. The number of carboxylic acids is 1. The predicted molar refractivity (Wildman–Crippen MR) is 112 cm³/mol. The molecule has 0 atom stereocenters. The Balaban J connectivity index is 1.63. The van der Waals surface area contributed by atoms with Gasteiger partial charge in [0.1, 0.15) is 17.9 Å². The SMILES string of the molecule is NCc1cccc(-c2coc3c(COc4ccccc4CC(=O)O)cccc23)c1. The van der Waals surface area contributed by atoms with Crippen molar-refractivity contribution in [2.45, 2.75) is 19.6 Å². The first-order chi connectivity index (χ1) is 14.2. The Kier molecular flexibility index (Phi) is 5.31. The zero-order valence-electron chi connectivity index (χ0n) is 15.8. The van der Waals surface area contributed by atoms with E-state index in [1.54, 1.807) is 24.5 Å². The van der Waals surface area contributed by atoms with Crippen LogP contribution in [-0.4, -0.2) is 11.1 Å². The van der Waals surface area contributed by atoms with Crippen LogP contribution in [0.4, 0.5) is 0 Å². The fraction of sp³-hybridized carbons (Fsp3) is 0.125. The van der Waals surface area contributed by atoms with Crippen LogP contribution in [0.3, 0.4) is 0 Å². The number of carboxylic acid groups (broad SMARTS) is 1. The Labute approximate surface area is 168 Å². The third-order valence-corrected chi connectivity index (χ3v) is 4.85. The van der Waals surface area contributed by atoms with Crippen molar-refractivity contribution in [3.63, 3.8) is 0 Å². The summed E-state index contributed by atoms with van der Waals surface area (Å²) in [6.07, 6.45) is 1.67. The molecule has 3 N–H and O–H groups in total. The van der Waals surface area contributed by atoms with Crippen LogP contribution in [0.5, 0.6) is 5.75 Å². The number of carbonyl (C=O) groups is 1. The first-order valence-electron chi connectivity index (χ1n) is 9.36. The highest BCUT2D eigenvalue weighted by atomic mass is 16.5.